The summed E-state index contributed by atoms with van der Waals surface area (Å²) in [6.07, 6.45) is 0. The van der Waals surface area contributed by atoms with Crippen LogP contribution in [-0.4, -0.2) is 20.9 Å². The summed E-state index contributed by atoms with van der Waals surface area (Å²) in [5.41, 5.74) is 2.51. The lowest BCUT2D eigenvalue weighted by Crippen LogP contribution is -2.38. The molecule has 4 rings (SSSR count). The van der Waals surface area contributed by atoms with Crippen molar-refractivity contribution in [2.75, 3.05) is 16.2 Å². The number of sulfonamides is 1. The molecule has 1 N–H and O–H groups in total. The van der Waals surface area contributed by atoms with Crippen LogP contribution in [-0.2, 0) is 14.8 Å². The molecule has 0 heterocycles. The molecule has 0 unspecified atom stereocenters. The molecule has 0 saturated heterocycles. The third kappa shape index (κ3) is 6.05. The van der Waals surface area contributed by atoms with Crippen LogP contribution < -0.4 is 14.4 Å². The normalized spacial score (nSPS) is 11.1. The molecule has 0 fully saturated rings. The highest BCUT2D eigenvalue weighted by Crippen LogP contribution is 2.32. The summed E-state index contributed by atoms with van der Waals surface area (Å²) in [5.74, 6) is 0.411. The zero-order chi connectivity index (χ0) is 25.7. The van der Waals surface area contributed by atoms with Crippen LogP contribution in [0.1, 0.15) is 11.1 Å². The van der Waals surface area contributed by atoms with Crippen LogP contribution in [0.25, 0.3) is 0 Å². The van der Waals surface area contributed by atoms with Crippen LogP contribution in [0.4, 0.5) is 11.4 Å². The van der Waals surface area contributed by atoms with Crippen LogP contribution in [0.15, 0.2) is 102 Å². The minimum absolute atomic E-state index is 0.0956. The number of amides is 1. The van der Waals surface area contributed by atoms with Gasteiger partial charge in [-0.3, -0.25) is 9.10 Å². The molecule has 0 spiro atoms. The molecular weight excluding hydrogens is 496 g/mol. The highest BCUT2D eigenvalue weighted by atomic mass is 35.5. The van der Waals surface area contributed by atoms with Crippen molar-refractivity contribution < 1.29 is 17.9 Å². The van der Waals surface area contributed by atoms with Gasteiger partial charge in [0.1, 0.15) is 12.3 Å². The lowest BCUT2D eigenvalue weighted by atomic mass is 10.2. The van der Waals surface area contributed by atoms with Gasteiger partial charge in [0.25, 0.3) is 10.0 Å². The van der Waals surface area contributed by atoms with Crippen LogP contribution in [0.3, 0.4) is 0 Å². The monoisotopic (exact) mass is 520 g/mol. The Morgan fingerprint density at radius 3 is 2.28 bits per heavy atom. The first-order valence-corrected chi connectivity index (χ1v) is 13.0. The van der Waals surface area contributed by atoms with Crippen molar-refractivity contribution in [3.63, 3.8) is 0 Å². The lowest BCUT2D eigenvalue weighted by molar-refractivity contribution is -0.114. The zero-order valence-electron chi connectivity index (χ0n) is 19.8. The number of carbonyl (C=O) groups is 1. The zero-order valence-corrected chi connectivity index (χ0v) is 21.4. The Bertz CT molecular complexity index is 1470. The average Bonchev–Trinajstić information content (AvgIpc) is 2.85. The Hall–Kier alpha value is -3.81. The van der Waals surface area contributed by atoms with E-state index in [1.807, 2.05) is 38.1 Å². The maximum atomic E-state index is 13.6. The Kier molecular flexibility index (Phi) is 7.62. The maximum Gasteiger partial charge on any atom is 0.264 e. The number of nitrogens with one attached hydrogen (secondary N) is 1. The van der Waals surface area contributed by atoms with E-state index in [1.54, 1.807) is 60.7 Å². The molecule has 184 valence electrons. The van der Waals surface area contributed by atoms with Gasteiger partial charge in [0.05, 0.1) is 16.3 Å². The van der Waals surface area contributed by atoms with Crippen molar-refractivity contribution in [3.05, 3.63) is 113 Å². The van der Waals surface area contributed by atoms with E-state index in [1.165, 1.54) is 12.1 Å². The number of nitrogens with zero attached hydrogens (tertiary/aromatic N) is 1. The molecule has 0 aliphatic carbocycles. The summed E-state index contributed by atoms with van der Waals surface area (Å²) < 4.78 is 34.2. The van der Waals surface area contributed by atoms with Crippen LogP contribution in [0.2, 0.25) is 5.02 Å². The number of rotatable bonds is 8. The van der Waals surface area contributed by atoms with E-state index in [0.29, 0.717) is 27.9 Å². The van der Waals surface area contributed by atoms with Crippen molar-refractivity contribution in [2.24, 2.45) is 0 Å². The van der Waals surface area contributed by atoms with Crippen molar-refractivity contribution in [1.29, 1.82) is 0 Å². The van der Waals surface area contributed by atoms with Crippen LogP contribution in [0, 0.1) is 13.8 Å². The number of para-hydroxylation sites is 1. The van der Waals surface area contributed by atoms with Crippen molar-refractivity contribution in [1.82, 2.24) is 0 Å². The van der Waals surface area contributed by atoms with E-state index in [-0.39, 0.29) is 4.90 Å². The number of halogens is 1. The number of anilines is 2. The van der Waals surface area contributed by atoms with Gasteiger partial charge < -0.3 is 10.1 Å². The van der Waals surface area contributed by atoms with E-state index in [4.69, 9.17) is 16.3 Å². The number of carbonyl (C=O) groups excluding carboxylic acids is 1. The number of aryl methyl sites for hydroxylation is 2. The van der Waals surface area contributed by atoms with E-state index in [9.17, 15) is 13.2 Å². The van der Waals surface area contributed by atoms with Gasteiger partial charge in [0.15, 0.2) is 5.75 Å². The predicted octanol–water partition coefficient (Wildman–Crippen LogP) is 6.58. The first-order chi connectivity index (χ1) is 17.2. The maximum absolute atomic E-state index is 13.6. The van der Waals surface area contributed by atoms with Gasteiger partial charge in [-0.1, -0.05) is 59.6 Å². The third-order valence-corrected chi connectivity index (χ3v) is 7.40. The highest BCUT2D eigenvalue weighted by Gasteiger charge is 2.27. The number of hydrogen-bond donors (Lipinski definition) is 1. The second kappa shape index (κ2) is 10.8. The van der Waals surface area contributed by atoms with Crippen LogP contribution >= 0.6 is 11.6 Å². The summed E-state index contributed by atoms with van der Waals surface area (Å²) in [6.45, 7) is 3.29. The minimum Gasteiger partial charge on any atom is -0.455 e. The van der Waals surface area contributed by atoms with Gasteiger partial charge >= 0.3 is 0 Å². The fourth-order valence-electron chi connectivity index (χ4n) is 3.56. The first-order valence-electron chi connectivity index (χ1n) is 11.2. The lowest BCUT2D eigenvalue weighted by Gasteiger charge is -2.25. The van der Waals surface area contributed by atoms with Gasteiger partial charge in [-0.05, 0) is 74.0 Å². The van der Waals surface area contributed by atoms with Gasteiger partial charge in [-0.2, -0.15) is 0 Å². The summed E-state index contributed by atoms with van der Waals surface area (Å²) in [7, 11) is -4.03. The standard InChI is InChI=1S/C28H25ClN2O4S/c1-20-11-14-25(15-12-20)36(33,34)31(23-8-6-7-21(2)17-23)19-28(32)30-26-18-22(29)13-16-27(26)35-24-9-4-3-5-10-24/h3-18H,19H2,1-2H3,(H,30,32). The molecule has 4 aromatic rings. The summed E-state index contributed by atoms with van der Waals surface area (Å²) >= 11 is 6.17. The molecule has 0 aromatic heterocycles. The summed E-state index contributed by atoms with van der Waals surface area (Å²) in [6, 6.07) is 27.5. The Morgan fingerprint density at radius 2 is 1.58 bits per heavy atom. The van der Waals surface area contributed by atoms with E-state index in [2.05, 4.69) is 5.32 Å². The quantitative estimate of drug-likeness (QED) is 0.284. The van der Waals surface area contributed by atoms with Crippen molar-refractivity contribution >= 4 is 38.9 Å². The molecule has 0 saturated carbocycles. The predicted molar refractivity (Wildman–Crippen MR) is 143 cm³/mol. The summed E-state index contributed by atoms with van der Waals surface area (Å²) in [5, 5.41) is 3.16. The molecule has 1 amide bonds. The van der Waals surface area contributed by atoms with E-state index < -0.39 is 22.5 Å². The minimum atomic E-state index is -4.03. The average molecular weight is 521 g/mol. The summed E-state index contributed by atoms with van der Waals surface area (Å²) in [4.78, 5) is 13.3. The van der Waals surface area contributed by atoms with E-state index in [0.717, 1.165) is 15.4 Å². The fourth-order valence-corrected chi connectivity index (χ4v) is 5.15. The Balaban J connectivity index is 1.64. The molecule has 0 aliphatic rings. The SMILES string of the molecule is Cc1ccc(S(=O)(=O)N(CC(=O)Nc2cc(Cl)ccc2Oc2ccccc2)c2cccc(C)c2)cc1. The smallest absolute Gasteiger partial charge is 0.264 e. The largest absolute Gasteiger partial charge is 0.455 e. The second-order valence-electron chi connectivity index (χ2n) is 8.27. The molecule has 0 bridgehead atoms. The molecule has 8 heteroatoms. The van der Waals surface area contributed by atoms with Gasteiger partial charge in [0.2, 0.25) is 5.91 Å². The molecule has 0 aliphatic heterocycles. The number of hydrogen-bond acceptors (Lipinski definition) is 4. The van der Waals surface area contributed by atoms with E-state index >= 15 is 0 Å². The molecule has 6 nitrogen and oxygen atoms in total. The first kappa shape index (κ1) is 25.3. The van der Waals surface area contributed by atoms with Gasteiger partial charge in [-0.25, -0.2) is 8.42 Å². The molecule has 0 radical (unpaired) electrons. The Morgan fingerprint density at radius 1 is 0.861 bits per heavy atom. The molecule has 36 heavy (non-hydrogen) atoms. The number of benzene rings is 4. The van der Waals surface area contributed by atoms with Crippen LogP contribution in [0.5, 0.6) is 11.5 Å². The molecule has 4 aromatic carbocycles. The Labute approximate surface area is 216 Å². The topological polar surface area (TPSA) is 75.7 Å². The van der Waals surface area contributed by atoms with Crippen molar-refractivity contribution in [2.45, 2.75) is 18.7 Å². The molecule has 0 atom stereocenters. The second-order valence-corrected chi connectivity index (χ2v) is 10.6. The van der Waals surface area contributed by atoms with Gasteiger partial charge in [-0.15, -0.1) is 0 Å². The number of ether oxygens (including phenoxy) is 1. The van der Waals surface area contributed by atoms with Crippen molar-refractivity contribution in [3.8, 4) is 11.5 Å². The van der Waals surface area contributed by atoms with Gasteiger partial charge in [0, 0.05) is 5.02 Å². The highest BCUT2D eigenvalue weighted by molar-refractivity contribution is 7.92. The fraction of sp³-hybridized carbons (Fsp3) is 0.107. The third-order valence-electron chi connectivity index (χ3n) is 5.37. The molecular formula is C28H25ClN2O4S.